The predicted molar refractivity (Wildman–Crippen MR) is 116 cm³/mol. The maximum Gasteiger partial charge on any atom is 0.324 e. The van der Waals surface area contributed by atoms with Crippen molar-refractivity contribution in [1.82, 2.24) is 15.2 Å². The van der Waals surface area contributed by atoms with Crippen LogP contribution in [0.25, 0.3) is 0 Å². The fourth-order valence-electron chi connectivity index (χ4n) is 3.42. The molecule has 1 aliphatic rings. The molecule has 30 heavy (non-hydrogen) atoms. The first-order chi connectivity index (χ1) is 14.6. The van der Waals surface area contributed by atoms with Crippen LogP contribution in [0.1, 0.15) is 35.2 Å². The van der Waals surface area contributed by atoms with Crippen molar-refractivity contribution < 1.29 is 19.1 Å². The third-order valence-electron chi connectivity index (χ3n) is 5.07. The molecule has 0 bridgehead atoms. The summed E-state index contributed by atoms with van der Waals surface area (Å²) >= 11 is 3.33. The summed E-state index contributed by atoms with van der Waals surface area (Å²) in [6.07, 6.45) is 4.99. The van der Waals surface area contributed by atoms with E-state index in [0.29, 0.717) is 17.9 Å². The third kappa shape index (κ3) is 6.27. The van der Waals surface area contributed by atoms with Crippen molar-refractivity contribution in [3.8, 4) is 5.75 Å². The van der Waals surface area contributed by atoms with E-state index in [-0.39, 0.29) is 18.4 Å². The first-order valence-electron chi connectivity index (χ1n) is 10.00. The van der Waals surface area contributed by atoms with E-state index in [1.165, 1.54) is 13.5 Å². The van der Waals surface area contributed by atoms with E-state index in [1.807, 2.05) is 12.1 Å². The molecule has 0 unspecified atom stereocenters. The lowest BCUT2D eigenvalue weighted by atomic mass is 10.1. The number of nitrogens with one attached hydrogen (secondary N) is 1. The van der Waals surface area contributed by atoms with Gasteiger partial charge in [0.25, 0.3) is 5.91 Å². The first kappa shape index (κ1) is 22.2. The Morgan fingerprint density at radius 1 is 1.17 bits per heavy atom. The van der Waals surface area contributed by atoms with Crippen LogP contribution >= 0.6 is 15.9 Å². The van der Waals surface area contributed by atoms with Gasteiger partial charge in [-0.25, -0.2) is 4.98 Å². The largest absolute Gasteiger partial charge is 0.489 e. The number of likely N-dealkylation sites (tertiary alicyclic amines) is 1. The molecule has 0 radical (unpaired) electrons. The van der Waals surface area contributed by atoms with Crippen LogP contribution in [-0.2, 0) is 16.1 Å². The zero-order chi connectivity index (χ0) is 21.3. The number of methoxy groups -OCH3 is 1. The van der Waals surface area contributed by atoms with E-state index >= 15 is 0 Å². The Labute approximate surface area is 184 Å². The molecule has 3 rings (SSSR count). The second-order valence-electron chi connectivity index (χ2n) is 7.15. The van der Waals surface area contributed by atoms with Crippen LogP contribution < -0.4 is 10.1 Å². The summed E-state index contributed by atoms with van der Waals surface area (Å²) in [6, 6.07) is 10.2. The molecule has 1 amide bonds. The van der Waals surface area contributed by atoms with E-state index in [4.69, 9.17) is 9.47 Å². The van der Waals surface area contributed by atoms with Crippen molar-refractivity contribution in [1.29, 1.82) is 0 Å². The lowest BCUT2D eigenvalue weighted by Gasteiger charge is -2.32. The zero-order valence-electron chi connectivity index (χ0n) is 17.0. The van der Waals surface area contributed by atoms with Gasteiger partial charge in [0, 0.05) is 18.3 Å². The Hall–Kier alpha value is -2.45. The molecule has 2 aromatic rings. The normalized spacial score (nSPS) is 15.3. The number of piperidine rings is 1. The number of hydrogen-bond donors (Lipinski definition) is 1. The van der Waals surface area contributed by atoms with Crippen molar-refractivity contribution in [3.63, 3.8) is 0 Å². The topological polar surface area (TPSA) is 80.8 Å². The van der Waals surface area contributed by atoms with Gasteiger partial charge in [0.15, 0.2) is 0 Å². The highest BCUT2D eigenvalue weighted by Gasteiger charge is 2.28. The molecule has 1 aromatic carbocycles. The van der Waals surface area contributed by atoms with Crippen LogP contribution in [0.4, 0.5) is 0 Å². The number of halogens is 1. The van der Waals surface area contributed by atoms with Gasteiger partial charge in [0.2, 0.25) is 0 Å². The van der Waals surface area contributed by atoms with Gasteiger partial charge in [-0.1, -0.05) is 6.42 Å². The van der Waals surface area contributed by atoms with Crippen LogP contribution in [-0.4, -0.2) is 54.5 Å². The molecule has 1 N–H and O–H groups in total. The second kappa shape index (κ2) is 11.1. The van der Waals surface area contributed by atoms with Gasteiger partial charge in [0.05, 0.1) is 7.11 Å². The molecule has 1 fully saturated rings. The minimum Gasteiger partial charge on any atom is -0.489 e. The second-order valence-corrected chi connectivity index (χ2v) is 7.96. The summed E-state index contributed by atoms with van der Waals surface area (Å²) in [5, 5.41) is 2.86. The lowest BCUT2D eigenvalue weighted by molar-refractivity contribution is -0.147. The number of benzene rings is 1. The molecular formula is C22H26BrN3O4. The van der Waals surface area contributed by atoms with Crippen LogP contribution in [0, 0.1) is 0 Å². The minimum atomic E-state index is -0.457. The van der Waals surface area contributed by atoms with E-state index in [2.05, 4.69) is 31.1 Å². The van der Waals surface area contributed by atoms with E-state index in [1.54, 1.807) is 30.5 Å². The summed E-state index contributed by atoms with van der Waals surface area (Å²) < 4.78 is 11.4. The van der Waals surface area contributed by atoms with Gasteiger partial charge in [-0.2, -0.15) is 0 Å². The molecule has 2 heterocycles. The van der Waals surface area contributed by atoms with Gasteiger partial charge >= 0.3 is 5.97 Å². The molecular weight excluding hydrogens is 450 g/mol. The minimum absolute atomic E-state index is 0.223. The lowest BCUT2D eigenvalue weighted by Crippen LogP contribution is -2.50. The van der Waals surface area contributed by atoms with Gasteiger partial charge in [-0.15, -0.1) is 0 Å². The molecule has 0 spiro atoms. The van der Waals surface area contributed by atoms with Crippen LogP contribution in [0.3, 0.4) is 0 Å². The summed E-state index contributed by atoms with van der Waals surface area (Å²) in [7, 11) is 1.38. The Morgan fingerprint density at radius 2 is 1.90 bits per heavy atom. The van der Waals surface area contributed by atoms with Gasteiger partial charge < -0.3 is 14.8 Å². The van der Waals surface area contributed by atoms with Crippen molar-refractivity contribution in [2.45, 2.75) is 31.9 Å². The standard InChI is InChI=1S/C22H26BrN3O4/c1-29-22(28)19(26-11-3-2-4-12-26)14-25-21(27)17-5-7-18(8-6-17)30-15-16-9-10-24-20(23)13-16/h5-10,13,19H,2-4,11-12,14-15H2,1H3,(H,25,27)/t19-/m0/s1. The Balaban J connectivity index is 1.53. The number of ether oxygens (including phenoxy) is 2. The molecule has 1 aliphatic heterocycles. The fraction of sp³-hybridized carbons (Fsp3) is 0.409. The number of pyridine rings is 1. The highest BCUT2D eigenvalue weighted by atomic mass is 79.9. The molecule has 160 valence electrons. The Bertz CT molecular complexity index is 854. The Morgan fingerprint density at radius 3 is 2.57 bits per heavy atom. The number of carbonyl (C=O) groups is 2. The van der Waals surface area contributed by atoms with Crippen molar-refractivity contribution in [2.75, 3.05) is 26.7 Å². The highest BCUT2D eigenvalue weighted by Crippen LogP contribution is 2.16. The summed E-state index contributed by atoms with van der Waals surface area (Å²) in [4.78, 5) is 30.9. The van der Waals surface area contributed by atoms with Crippen LogP contribution in [0.2, 0.25) is 0 Å². The van der Waals surface area contributed by atoms with Crippen molar-refractivity contribution >= 4 is 27.8 Å². The van der Waals surface area contributed by atoms with Crippen LogP contribution in [0.5, 0.6) is 5.75 Å². The van der Waals surface area contributed by atoms with Crippen LogP contribution in [0.15, 0.2) is 47.2 Å². The maximum absolute atomic E-state index is 12.5. The van der Waals surface area contributed by atoms with E-state index < -0.39 is 6.04 Å². The Kier molecular flexibility index (Phi) is 8.21. The molecule has 7 nitrogen and oxygen atoms in total. The number of rotatable bonds is 8. The molecule has 0 saturated carbocycles. The zero-order valence-corrected chi connectivity index (χ0v) is 18.6. The number of hydrogen-bond acceptors (Lipinski definition) is 6. The van der Waals surface area contributed by atoms with E-state index in [0.717, 1.165) is 36.1 Å². The molecule has 1 aromatic heterocycles. The molecule has 1 saturated heterocycles. The van der Waals surface area contributed by atoms with Crippen molar-refractivity contribution in [3.05, 3.63) is 58.3 Å². The SMILES string of the molecule is COC(=O)[C@H](CNC(=O)c1ccc(OCc2ccnc(Br)c2)cc1)N1CCCCC1. The highest BCUT2D eigenvalue weighted by molar-refractivity contribution is 9.10. The fourth-order valence-corrected chi connectivity index (χ4v) is 3.83. The molecule has 0 aliphatic carbocycles. The summed E-state index contributed by atoms with van der Waals surface area (Å²) in [6.45, 7) is 2.31. The molecule has 1 atom stereocenters. The first-order valence-corrected chi connectivity index (χ1v) is 10.8. The third-order valence-corrected chi connectivity index (χ3v) is 5.51. The van der Waals surface area contributed by atoms with Crippen molar-refractivity contribution in [2.24, 2.45) is 0 Å². The average molecular weight is 476 g/mol. The number of carbonyl (C=O) groups excluding carboxylic acids is 2. The maximum atomic E-state index is 12.5. The summed E-state index contributed by atoms with van der Waals surface area (Å²) in [5.41, 5.74) is 1.50. The monoisotopic (exact) mass is 475 g/mol. The van der Waals surface area contributed by atoms with Gasteiger partial charge in [-0.05, 0) is 83.8 Å². The van der Waals surface area contributed by atoms with E-state index in [9.17, 15) is 9.59 Å². The number of nitrogens with zero attached hydrogens (tertiary/aromatic N) is 2. The van der Waals surface area contributed by atoms with Gasteiger partial charge in [-0.3, -0.25) is 14.5 Å². The number of aromatic nitrogens is 1. The average Bonchev–Trinajstić information content (AvgIpc) is 2.78. The van der Waals surface area contributed by atoms with Gasteiger partial charge in [0.1, 0.15) is 23.0 Å². The number of amides is 1. The predicted octanol–water partition coefficient (Wildman–Crippen LogP) is 3.18. The smallest absolute Gasteiger partial charge is 0.324 e. The molecule has 8 heteroatoms. The number of esters is 1. The summed E-state index contributed by atoms with van der Waals surface area (Å²) in [5.74, 6) is 0.120. The quantitative estimate of drug-likeness (QED) is 0.466.